The first-order valence-electron chi connectivity index (χ1n) is 7.55. The van der Waals surface area contributed by atoms with Crippen LogP contribution in [0.5, 0.6) is 0 Å². The summed E-state index contributed by atoms with van der Waals surface area (Å²) in [5, 5.41) is 3.64. The highest BCUT2D eigenvalue weighted by Crippen LogP contribution is 2.33. The first-order valence-corrected chi connectivity index (χ1v) is 10.5. The number of carbonyl (C=O) groups excluding carboxylic acids is 1. The van der Waals surface area contributed by atoms with E-state index in [1.165, 1.54) is 28.4 Å². The van der Waals surface area contributed by atoms with E-state index in [2.05, 4.69) is 5.32 Å². The first-order chi connectivity index (χ1) is 11.8. The number of amides is 2. The van der Waals surface area contributed by atoms with Gasteiger partial charge in [0.2, 0.25) is 0 Å². The molecule has 9 heteroatoms. The first kappa shape index (κ1) is 18.2. The molecule has 3 rings (SSSR count). The van der Waals surface area contributed by atoms with Crippen molar-refractivity contribution in [2.45, 2.75) is 18.2 Å². The Balaban J connectivity index is 1.80. The summed E-state index contributed by atoms with van der Waals surface area (Å²) in [4.78, 5) is 14.8. The molecule has 0 bridgehead atoms. The van der Waals surface area contributed by atoms with Gasteiger partial charge in [-0.2, -0.15) is 0 Å². The molecule has 2 heterocycles. The Morgan fingerprint density at radius 2 is 2.16 bits per heavy atom. The number of thiophene rings is 1. The molecule has 1 aliphatic heterocycles. The summed E-state index contributed by atoms with van der Waals surface area (Å²) in [5.41, 5.74) is 0.352. The number of anilines is 1. The lowest BCUT2D eigenvalue weighted by molar-refractivity contribution is 0.193. The number of hydrogen-bond acceptors (Lipinski definition) is 4. The monoisotopic (exact) mass is 402 g/mol. The number of nitrogens with one attached hydrogen (secondary N) is 1. The molecular formula is C16H16ClFN2O3S2. The molecule has 1 aromatic heterocycles. The average molecular weight is 403 g/mol. The van der Waals surface area contributed by atoms with Crippen LogP contribution in [0.2, 0.25) is 5.02 Å². The molecule has 2 atom stereocenters. The summed E-state index contributed by atoms with van der Waals surface area (Å²) in [6.45, 7) is 1.77. The Labute approximate surface area is 154 Å². The normalized spacial score (nSPS) is 22.6. The van der Waals surface area contributed by atoms with Crippen LogP contribution in [0, 0.1) is 5.82 Å². The number of hydrogen-bond donors (Lipinski definition) is 1. The highest BCUT2D eigenvalue weighted by molar-refractivity contribution is 7.91. The fraction of sp³-hybridized carbons (Fsp3) is 0.312. The van der Waals surface area contributed by atoms with Gasteiger partial charge in [0, 0.05) is 23.2 Å². The molecule has 2 aromatic rings. The number of rotatable bonds is 2. The zero-order valence-corrected chi connectivity index (χ0v) is 15.7. The Morgan fingerprint density at radius 3 is 2.80 bits per heavy atom. The van der Waals surface area contributed by atoms with Gasteiger partial charge in [0.05, 0.1) is 10.8 Å². The van der Waals surface area contributed by atoms with Crippen molar-refractivity contribution in [2.75, 3.05) is 17.6 Å². The van der Waals surface area contributed by atoms with Crippen LogP contribution in [-0.2, 0) is 9.84 Å². The van der Waals surface area contributed by atoms with Gasteiger partial charge in [0.25, 0.3) is 0 Å². The summed E-state index contributed by atoms with van der Waals surface area (Å²) < 4.78 is 38.2. The number of nitrogens with zero attached hydrogens (tertiary/aromatic N) is 1. The van der Waals surface area contributed by atoms with Gasteiger partial charge in [0.1, 0.15) is 11.1 Å². The van der Waals surface area contributed by atoms with Crippen molar-refractivity contribution in [3.8, 4) is 0 Å². The molecule has 1 fully saturated rings. The van der Waals surface area contributed by atoms with Crippen LogP contribution in [0.3, 0.4) is 0 Å². The van der Waals surface area contributed by atoms with Crippen LogP contribution in [0.25, 0.3) is 0 Å². The smallest absolute Gasteiger partial charge is 0.319 e. The molecule has 1 N–H and O–H groups in total. The van der Waals surface area contributed by atoms with E-state index in [9.17, 15) is 17.6 Å². The van der Waals surface area contributed by atoms with Gasteiger partial charge in [-0.05, 0) is 36.6 Å². The van der Waals surface area contributed by atoms with Crippen LogP contribution in [0.4, 0.5) is 14.9 Å². The fourth-order valence-corrected chi connectivity index (χ4v) is 6.20. The lowest BCUT2D eigenvalue weighted by atomic mass is 10.2. The van der Waals surface area contributed by atoms with Crippen molar-refractivity contribution in [1.82, 2.24) is 4.90 Å². The van der Waals surface area contributed by atoms with E-state index < -0.39 is 33.0 Å². The molecule has 0 spiro atoms. The molecule has 134 valence electrons. The third-order valence-electron chi connectivity index (χ3n) is 4.09. The molecule has 0 unspecified atom stereocenters. The van der Waals surface area contributed by atoms with E-state index >= 15 is 0 Å². The van der Waals surface area contributed by atoms with Gasteiger partial charge in [-0.1, -0.05) is 17.7 Å². The predicted molar refractivity (Wildman–Crippen MR) is 97.4 cm³/mol. The van der Waals surface area contributed by atoms with Crippen molar-refractivity contribution >= 4 is 44.5 Å². The number of sulfone groups is 1. The zero-order valence-electron chi connectivity index (χ0n) is 13.3. The van der Waals surface area contributed by atoms with Crippen LogP contribution in [-0.4, -0.2) is 37.7 Å². The second-order valence-corrected chi connectivity index (χ2v) is 9.51. The van der Waals surface area contributed by atoms with Gasteiger partial charge >= 0.3 is 6.03 Å². The predicted octanol–water partition coefficient (Wildman–Crippen LogP) is 3.93. The maximum Gasteiger partial charge on any atom is 0.322 e. The molecule has 25 heavy (non-hydrogen) atoms. The molecule has 2 amide bonds. The van der Waals surface area contributed by atoms with Gasteiger partial charge in [-0.25, -0.2) is 17.6 Å². The number of benzene rings is 1. The molecule has 1 aromatic carbocycles. The van der Waals surface area contributed by atoms with E-state index in [1.807, 2.05) is 5.38 Å². The van der Waals surface area contributed by atoms with E-state index in [1.54, 1.807) is 19.1 Å². The summed E-state index contributed by atoms with van der Waals surface area (Å²) >= 11 is 7.08. The lowest BCUT2D eigenvalue weighted by Gasteiger charge is -2.37. The second kappa shape index (κ2) is 6.93. The Hall–Kier alpha value is -1.64. The SMILES string of the molecule is C[C@H]1CS(=O)(=O)[C@@H](c2cccs2)CN1C(=O)Nc1ccc(F)c(Cl)c1. The molecular weight excluding hydrogens is 387 g/mol. The third-order valence-corrected chi connectivity index (χ3v) is 7.74. The van der Waals surface area contributed by atoms with E-state index in [0.29, 0.717) is 5.69 Å². The fourth-order valence-electron chi connectivity index (χ4n) is 2.81. The van der Waals surface area contributed by atoms with Crippen molar-refractivity contribution in [1.29, 1.82) is 0 Å². The van der Waals surface area contributed by atoms with E-state index in [0.717, 1.165) is 10.9 Å². The molecule has 0 saturated carbocycles. The number of halogens is 2. The lowest BCUT2D eigenvalue weighted by Crippen LogP contribution is -2.52. The largest absolute Gasteiger partial charge is 0.322 e. The minimum Gasteiger partial charge on any atom is -0.319 e. The Bertz CT molecular complexity index is 887. The van der Waals surface area contributed by atoms with Gasteiger partial charge in [-0.3, -0.25) is 0 Å². The van der Waals surface area contributed by atoms with E-state index in [-0.39, 0.29) is 17.3 Å². The molecule has 5 nitrogen and oxygen atoms in total. The highest BCUT2D eigenvalue weighted by atomic mass is 35.5. The summed E-state index contributed by atoms with van der Waals surface area (Å²) in [6, 6.07) is 6.54. The molecule has 0 aliphatic carbocycles. The third kappa shape index (κ3) is 3.80. The van der Waals surface area contributed by atoms with Crippen molar-refractivity contribution in [2.24, 2.45) is 0 Å². The molecule has 1 aliphatic rings. The van der Waals surface area contributed by atoms with Crippen molar-refractivity contribution < 1.29 is 17.6 Å². The minimum atomic E-state index is -3.33. The van der Waals surface area contributed by atoms with Crippen molar-refractivity contribution in [3.05, 3.63) is 51.4 Å². The Morgan fingerprint density at radius 1 is 1.40 bits per heavy atom. The quantitative estimate of drug-likeness (QED) is 0.827. The molecule has 0 radical (unpaired) electrons. The summed E-state index contributed by atoms with van der Waals surface area (Å²) in [7, 11) is -3.33. The topological polar surface area (TPSA) is 66.5 Å². The summed E-state index contributed by atoms with van der Waals surface area (Å²) in [6.07, 6.45) is 0. The van der Waals surface area contributed by atoms with Gasteiger partial charge in [-0.15, -0.1) is 11.3 Å². The van der Waals surface area contributed by atoms with Crippen LogP contribution in [0.1, 0.15) is 17.1 Å². The Kier molecular flexibility index (Phi) is 5.04. The van der Waals surface area contributed by atoms with Crippen molar-refractivity contribution in [3.63, 3.8) is 0 Å². The molecule has 1 saturated heterocycles. The van der Waals surface area contributed by atoms with Gasteiger partial charge < -0.3 is 10.2 Å². The zero-order chi connectivity index (χ0) is 18.2. The maximum absolute atomic E-state index is 13.2. The van der Waals surface area contributed by atoms with Crippen LogP contribution < -0.4 is 5.32 Å². The number of urea groups is 1. The second-order valence-electron chi connectivity index (χ2n) is 5.89. The van der Waals surface area contributed by atoms with Gasteiger partial charge in [0.15, 0.2) is 9.84 Å². The standard InChI is InChI=1S/C16H16ClFN2O3S2/c1-10-9-25(22,23)15(14-3-2-6-24-14)8-20(10)16(21)19-11-4-5-13(18)12(17)7-11/h2-7,10,15H,8-9H2,1H3,(H,19,21)/t10-,15+/m0/s1. The van der Waals surface area contributed by atoms with Crippen LogP contribution >= 0.6 is 22.9 Å². The number of carbonyl (C=O) groups is 1. The van der Waals surface area contributed by atoms with Crippen LogP contribution in [0.15, 0.2) is 35.7 Å². The minimum absolute atomic E-state index is 0.0742. The summed E-state index contributed by atoms with van der Waals surface area (Å²) in [5.74, 6) is -0.678. The highest BCUT2D eigenvalue weighted by Gasteiger charge is 2.40. The van der Waals surface area contributed by atoms with E-state index in [4.69, 9.17) is 11.6 Å². The average Bonchev–Trinajstić information content (AvgIpc) is 3.04. The maximum atomic E-state index is 13.2.